The molecule has 9 nitrogen and oxygen atoms in total. The Morgan fingerprint density at radius 2 is 2.22 bits per heavy atom. The first-order valence-electron chi connectivity index (χ1n) is 10.1. The number of hydrogen-bond acceptors (Lipinski definition) is 8. The molecule has 1 atom stereocenters. The van der Waals surface area contributed by atoms with E-state index in [1.54, 1.807) is 36.0 Å². The molecule has 1 aromatic carbocycles. The van der Waals surface area contributed by atoms with Gasteiger partial charge in [-0.05, 0) is 31.0 Å². The van der Waals surface area contributed by atoms with Gasteiger partial charge in [0.25, 0.3) is 0 Å². The number of esters is 1. The Kier molecular flexibility index (Phi) is 5.90. The van der Waals surface area contributed by atoms with Crippen LogP contribution in [0.2, 0.25) is 0 Å². The minimum Gasteiger partial charge on any atom is -0.495 e. The molecule has 0 fully saturated rings. The third-order valence-electron chi connectivity index (χ3n) is 5.59. The predicted molar refractivity (Wildman–Crippen MR) is 114 cm³/mol. The minimum absolute atomic E-state index is 0.251. The second kappa shape index (κ2) is 8.78. The number of pyridine rings is 1. The van der Waals surface area contributed by atoms with Gasteiger partial charge in [0.1, 0.15) is 24.0 Å². The molecule has 0 aliphatic carbocycles. The lowest BCUT2D eigenvalue weighted by atomic mass is 9.95. The number of methoxy groups -OCH3 is 1. The van der Waals surface area contributed by atoms with Gasteiger partial charge in [-0.2, -0.15) is 10.4 Å². The fraction of sp³-hybridized carbons (Fsp3) is 0.304. The van der Waals surface area contributed by atoms with Crippen molar-refractivity contribution in [3.05, 3.63) is 69.7 Å². The van der Waals surface area contributed by atoms with E-state index in [2.05, 4.69) is 21.5 Å². The van der Waals surface area contributed by atoms with Gasteiger partial charge in [0.05, 0.1) is 30.7 Å². The van der Waals surface area contributed by atoms with Crippen LogP contribution in [0.15, 0.2) is 30.6 Å². The van der Waals surface area contributed by atoms with Crippen molar-refractivity contribution < 1.29 is 19.4 Å². The molecule has 1 unspecified atom stereocenters. The summed E-state index contributed by atoms with van der Waals surface area (Å²) in [5.74, 6) is 0.684. The Bertz CT molecular complexity index is 1230. The van der Waals surface area contributed by atoms with E-state index in [-0.39, 0.29) is 12.6 Å². The molecule has 3 heterocycles. The van der Waals surface area contributed by atoms with Crippen LogP contribution in [0.4, 0.5) is 0 Å². The summed E-state index contributed by atoms with van der Waals surface area (Å²) >= 11 is 0. The quantitative estimate of drug-likeness (QED) is 0.544. The molecule has 32 heavy (non-hydrogen) atoms. The molecule has 2 aromatic heterocycles. The lowest BCUT2D eigenvalue weighted by Crippen LogP contribution is -2.21. The fourth-order valence-electron chi connectivity index (χ4n) is 3.81. The molecule has 9 heteroatoms. The van der Waals surface area contributed by atoms with Crippen molar-refractivity contribution in [3.63, 3.8) is 0 Å². The lowest BCUT2D eigenvalue weighted by Gasteiger charge is -2.16. The number of nitriles is 1. The molecule has 1 aliphatic rings. The van der Waals surface area contributed by atoms with Crippen LogP contribution in [0.3, 0.4) is 0 Å². The number of hydrogen-bond donors (Lipinski definition) is 2. The zero-order chi connectivity index (χ0) is 22.8. The van der Waals surface area contributed by atoms with Crippen molar-refractivity contribution in [1.82, 2.24) is 20.1 Å². The minimum atomic E-state index is -0.724. The van der Waals surface area contributed by atoms with E-state index in [1.165, 1.54) is 7.11 Å². The lowest BCUT2D eigenvalue weighted by molar-refractivity contribution is 0.0535. The Hall–Kier alpha value is -3.74. The smallest absolute Gasteiger partial charge is 0.338 e. The fourth-order valence-corrected chi connectivity index (χ4v) is 3.81. The molecule has 4 rings (SSSR count). The summed E-state index contributed by atoms with van der Waals surface area (Å²) in [5, 5.41) is 27.5. The van der Waals surface area contributed by atoms with Crippen molar-refractivity contribution in [3.8, 4) is 17.6 Å². The van der Waals surface area contributed by atoms with E-state index >= 15 is 0 Å². The normalized spacial score (nSPS) is 13.4. The van der Waals surface area contributed by atoms with Crippen molar-refractivity contribution in [1.29, 1.82) is 5.26 Å². The number of carbonyl (C=O) groups excluding carboxylic acids is 1. The summed E-state index contributed by atoms with van der Waals surface area (Å²) in [6.45, 7) is 4.72. The van der Waals surface area contributed by atoms with Crippen molar-refractivity contribution in [2.24, 2.45) is 0 Å². The monoisotopic (exact) mass is 433 g/mol. The van der Waals surface area contributed by atoms with Gasteiger partial charge in [0, 0.05) is 36.5 Å². The first-order valence-corrected chi connectivity index (χ1v) is 10.1. The summed E-state index contributed by atoms with van der Waals surface area (Å²) < 4.78 is 12.0. The average molecular weight is 433 g/mol. The number of aliphatic hydroxyl groups is 1. The molecule has 0 radical (unpaired) electrons. The number of carbonyl (C=O) groups is 1. The van der Waals surface area contributed by atoms with Gasteiger partial charge in [-0.25, -0.2) is 14.5 Å². The third kappa shape index (κ3) is 3.93. The molecule has 0 bridgehead atoms. The van der Waals surface area contributed by atoms with E-state index in [9.17, 15) is 15.2 Å². The number of aliphatic hydroxyl groups excluding tert-OH is 1. The molecule has 3 aromatic rings. The van der Waals surface area contributed by atoms with Gasteiger partial charge in [-0.15, -0.1) is 0 Å². The van der Waals surface area contributed by atoms with E-state index in [1.807, 2.05) is 13.1 Å². The van der Waals surface area contributed by atoms with E-state index < -0.39 is 6.10 Å². The largest absolute Gasteiger partial charge is 0.495 e. The first kappa shape index (κ1) is 21.5. The summed E-state index contributed by atoms with van der Waals surface area (Å²) in [5.41, 5.74) is 4.94. The molecule has 0 spiro atoms. The maximum absolute atomic E-state index is 11.7. The molecule has 0 saturated carbocycles. The van der Waals surface area contributed by atoms with Crippen LogP contribution in [0, 0.1) is 25.2 Å². The highest BCUT2D eigenvalue weighted by Gasteiger charge is 2.25. The van der Waals surface area contributed by atoms with E-state index in [0.29, 0.717) is 41.5 Å². The van der Waals surface area contributed by atoms with Gasteiger partial charge < -0.3 is 19.9 Å². The van der Waals surface area contributed by atoms with Gasteiger partial charge in [0.2, 0.25) is 0 Å². The maximum atomic E-state index is 11.7. The summed E-state index contributed by atoms with van der Waals surface area (Å²) in [7, 11) is 1.51. The zero-order valence-corrected chi connectivity index (χ0v) is 18.0. The van der Waals surface area contributed by atoms with Gasteiger partial charge in [-0.1, -0.05) is 6.07 Å². The number of cyclic esters (lactones) is 1. The Balaban J connectivity index is 1.41. The molecule has 2 N–H and O–H groups in total. The Morgan fingerprint density at radius 3 is 2.97 bits per heavy atom. The SMILES string of the molecule is COc1cc(-n2cc(CNCC(O)c3ccc4c(c3C)COC4=O)cn2)nc(C)c1C#N. The van der Waals surface area contributed by atoms with Crippen molar-refractivity contribution in [2.75, 3.05) is 13.7 Å². The van der Waals surface area contributed by atoms with Gasteiger partial charge in [0.15, 0.2) is 5.82 Å². The van der Waals surface area contributed by atoms with Crippen LogP contribution in [0.5, 0.6) is 5.75 Å². The highest BCUT2D eigenvalue weighted by atomic mass is 16.5. The first-order chi connectivity index (χ1) is 15.4. The predicted octanol–water partition coefficient (Wildman–Crippen LogP) is 2.26. The molecular formula is C23H23N5O4. The zero-order valence-electron chi connectivity index (χ0n) is 18.0. The number of benzene rings is 1. The maximum Gasteiger partial charge on any atom is 0.338 e. The van der Waals surface area contributed by atoms with E-state index in [0.717, 1.165) is 22.3 Å². The standard InChI is InChI=1S/C23H23N5O4/c1-13-16(4-5-17-19(13)12-32-23(17)30)20(29)10-25-8-15-9-26-28(11-15)22-6-21(31-3)18(7-24)14(2)27-22/h4-6,9,11,20,25,29H,8,10,12H2,1-3H3. The van der Waals surface area contributed by atoms with Crippen LogP contribution >= 0.6 is 0 Å². The number of nitrogens with zero attached hydrogens (tertiary/aromatic N) is 4. The summed E-state index contributed by atoms with van der Waals surface area (Å²) in [6, 6.07) is 7.25. The number of rotatable bonds is 7. The van der Waals surface area contributed by atoms with Crippen molar-refractivity contribution >= 4 is 5.97 Å². The van der Waals surface area contributed by atoms with Crippen LogP contribution in [0.25, 0.3) is 5.82 Å². The molecule has 0 saturated heterocycles. The third-order valence-corrected chi connectivity index (χ3v) is 5.59. The topological polar surface area (TPSA) is 122 Å². The highest BCUT2D eigenvalue weighted by molar-refractivity contribution is 5.93. The van der Waals surface area contributed by atoms with Gasteiger partial charge >= 0.3 is 5.97 Å². The summed E-state index contributed by atoms with van der Waals surface area (Å²) in [4.78, 5) is 16.1. The van der Waals surface area contributed by atoms with Crippen LogP contribution in [-0.4, -0.2) is 39.5 Å². The molecular weight excluding hydrogens is 410 g/mol. The van der Waals surface area contributed by atoms with E-state index in [4.69, 9.17) is 9.47 Å². The van der Waals surface area contributed by atoms with Crippen LogP contribution in [-0.2, 0) is 17.9 Å². The second-order valence-corrected chi connectivity index (χ2v) is 7.58. The second-order valence-electron chi connectivity index (χ2n) is 7.58. The molecule has 0 amide bonds. The van der Waals surface area contributed by atoms with Gasteiger partial charge in [-0.3, -0.25) is 0 Å². The van der Waals surface area contributed by atoms with Crippen molar-refractivity contribution in [2.45, 2.75) is 33.1 Å². The summed E-state index contributed by atoms with van der Waals surface area (Å²) in [6.07, 6.45) is 2.82. The Labute approximate surface area is 185 Å². The number of aryl methyl sites for hydroxylation is 1. The molecule has 164 valence electrons. The molecule has 1 aliphatic heterocycles. The number of ether oxygens (including phenoxy) is 2. The number of aromatic nitrogens is 3. The number of fused-ring (bicyclic) bond motifs is 1. The average Bonchev–Trinajstić information content (AvgIpc) is 3.40. The van der Waals surface area contributed by atoms with Crippen LogP contribution < -0.4 is 10.1 Å². The highest BCUT2D eigenvalue weighted by Crippen LogP contribution is 2.29. The van der Waals surface area contributed by atoms with Crippen LogP contribution in [0.1, 0.15) is 50.0 Å². The number of nitrogens with one attached hydrogen (secondary N) is 1. The Morgan fingerprint density at radius 1 is 1.41 bits per heavy atom.